The molecule has 3 aromatic rings. The maximum absolute atomic E-state index is 12.3. The van der Waals surface area contributed by atoms with Crippen molar-refractivity contribution < 1.29 is 9.53 Å². The van der Waals surface area contributed by atoms with Crippen LogP contribution in [0.4, 0.5) is 5.69 Å². The molecule has 0 aromatic heterocycles. The van der Waals surface area contributed by atoms with Crippen LogP contribution in [0, 0.1) is 0 Å². The highest BCUT2D eigenvalue weighted by Gasteiger charge is 2.14. The van der Waals surface area contributed by atoms with Gasteiger partial charge in [0.15, 0.2) is 6.10 Å². The summed E-state index contributed by atoms with van der Waals surface area (Å²) in [6.07, 6.45) is -0.564. The van der Waals surface area contributed by atoms with Crippen LogP contribution in [-0.2, 0) is 10.5 Å². The second-order valence-corrected chi connectivity index (χ2v) is 6.91. The van der Waals surface area contributed by atoms with Gasteiger partial charge in [-0.3, -0.25) is 4.79 Å². The van der Waals surface area contributed by atoms with Crippen molar-refractivity contribution in [2.24, 2.45) is 0 Å². The molecule has 0 saturated carbocycles. The molecule has 1 amide bonds. The monoisotopic (exact) mass is 363 g/mol. The molecule has 3 nitrogen and oxygen atoms in total. The van der Waals surface area contributed by atoms with Gasteiger partial charge in [-0.25, -0.2) is 0 Å². The molecule has 0 spiro atoms. The third-order valence-electron chi connectivity index (χ3n) is 3.80. The van der Waals surface area contributed by atoms with Crippen LogP contribution in [0.25, 0.3) is 0 Å². The number of hydrogen-bond acceptors (Lipinski definition) is 3. The summed E-state index contributed by atoms with van der Waals surface area (Å²) in [6.45, 7) is 1.74. The summed E-state index contributed by atoms with van der Waals surface area (Å²) < 4.78 is 5.64. The number of amides is 1. The number of para-hydroxylation sites is 1. The summed E-state index contributed by atoms with van der Waals surface area (Å²) in [5.41, 5.74) is 1.98. The van der Waals surface area contributed by atoms with E-state index in [1.165, 1.54) is 10.5 Å². The van der Waals surface area contributed by atoms with Crippen LogP contribution in [-0.4, -0.2) is 12.0 Å². The Morgan fingerprint density at radius 2 is 1.54 bits per heavy atom. The van der Waals surface area contributed by atoms with E-state index in [0.717, 1.165) is 11.4 Å². The quantitative estimate of drug-likeness (QED) is 0.572. The number of thioether (sulfide) groups is 1. The first kappa shape index (κ1) is 18.1. The van der Waals surface area contributed by atoms with Crippen molar-refractivity contribution in [3.8, 4) is 5.75 Å². The molecule has 0 unspecified atom stereocenters. The van der Waals surface area contributed by atoms with Crippen molar-refractivity contribution >= 4 is 23.4 Å². The molecule has 132 valence electrons. The minimum atomic E-state index is -0.564. The predicted molar refractivity (Wildman–Crippen MR) is 108 cm³/mol. The van der Waals surface area contributed by atoms with Crippen LogP contribution in [0.1, 0.15) is 12.5 Å². The molecule has 3 aromatic carbocycles. The number of carbonyl (C=O) groups excluding carboxylic acids is 1. The second-order valence-electron chi connectivity index (χ2n) is 5.86. The van der Waals surface area contributed by atoms with Gasteiger partial charge in [0.1, 0.15) is 5.75 Å². The second kappa shape index (κ2) is 9.11. The number of rotatable bonds is 7. The summed E-state index contributed by atoms with van der Waals surface area (Å²) in [4.78, 5) is 13.5. The van der Waals surface area contributed by atoms with Gasteiger partial charge in [-0.05, 0) is 48.9 Å². The lowest BCUT2D eigenvalue weighted by atomic mass is 10.2. The minimum absolute atomic E-state index is 0.166. The zero-order chi connectivity index (χ0) is 18.2. The van der Waals surface area contributed by atoms with E-state index in [-0.39, 0.29) is 5.91 Å². The summed E-state index contributed by atoms with van der Waals surface area (Å²) in [5, 5.41) is 2.89. The maximum Gasteiger partial charge on any atom is 0.265 e. The standard InChI is InChI=1S/C22H21NO2S/c1-17(25-20-8-4-2-5-9-20)22(24)23-19-14-12-18(13-15-19)16-26-21-10-6-3-7-11-21/h2-15,17H,16H2,1H3,(H,23,24)/t17-/m1/s1. The van der Waals surface area contributed by atoms with E-state index < -0.39 is 6.10 Å². The highest BCUT2D eigenvalue weighted by Crippen LogP contribution is 2.23. The van der Waals surface area contributed by atoms with Crippen LogP contribution < -0.4 is 10.1 Å². The van der Waals surface area contributed by atoms with Crippen molar-refractivity contribution in [3.63, 3.8) is 0 Å². The van der Waals surface area contributed by atoms with Gasteiger partial charge in [0.25, 0.3) is 5.91 Å². The number of ether oxygens (including phenoxy) is 1. The molecule has 0 radical (unpaired) electrons. The third-order valence-corrected chi connectivity index (χ3v) is 4.88. The van der Waals surface area contributed by atoms with E-state index in [9.17, 15) is 4.79 Å². The molecule has 0 aliphatic rings. The van der Waals surface area contributed by atoms with Gasteiger partial charge in [0.2, 0.25) is 0 Å². The van der Waals surface area contributed by atoms with E-state index in [1.54, 1.807) is 18.7 Å². The third kappa shape index (κ3) is 5.39. The average molecular weight is 363 g/mol. The molecular weight excluding hydrogens is 342 g/mol. The Morgan fingerprint density at radius 1 is 0.923 bits per heavy atom. The van der Waals surface area contributed by atoms with Gasteiger partial charge in [-0.15, -0.1) is 11.8 Å². The van der Waals surface area contributed by atoms with Gasteiger partial charge < -0.3 is 10.1 Å². The summed E-state index contributed by atoms with van der Waals surface area (Å²) in [6, 6.07) is 27.6. The van der Waals surface area contributed by atoms with Gasteiger partial charge >= 0.3 is 0 Å². The van der Waals surface area contributed by atoms with Gasteiger partial charge in [-0.1, -0.05) is 48.5 Å². The van der Waals surface area contributed by atoms with E-state index in [4.69, 9.17) is 4.74 Å². The largest absolute Gasteiger partial charge is 0.481 e. The molecule has 3 rings (SSSR count). The molecule has 0 aliphatic heterocycles. The molecule has 0 heterocycles. The van der Waals surface area contributed by atoms with Crippen LogP contribution in [0.5, 0.6) is 5.75 Å². The van der Waals surface area contributed by atoms with Crippen LogP contribution >= 0.6 is 11.8 Å². The Kier molecular flexibility index (Phi) is 6.34. The number of carbonyl (C=O) groups is 1. The first-order chi connectivity index (χ1) is 12.7. The van der Waals surface area contributed by atoms with E-state index in [1.807, 2.05) is 72.8 Å². The van der Waals surface area contributed by atoms with E-state index in [0.29, 0.717) is 5.75 Å². The molecule has 1 N–H and O–H groups in total. The zero-order valence-corrected chi connectivity index (χ0v) is 15.4. The molecule has 26 heavy (non-hydrogen) atoms. The lowest BCUT2D eigenvalue weighted by molar-refractivity contribution is -0.122. The van der Waals surface area contributed by atoms with Gasteiger partial charge in [0.05, 0.1) is 0 Å². The fourth-order valence-electron chi connectivity index (χ4n) is 2.37. The van der Waals surface area contributed by atoms with Crippen molar-refractivity contribution in [3.05, 3.63) is 90.5 Å². The molecule has 0 fully saturated rings. The Bertz CT molecular complexity index is 820. The van der Waals surface area contributed by atoms with Crippen molar-refractivity contribution in [2.45, 2.75) is 23.7 Å². The Morgan fingerprint density at radius 3 is 2.19 bits per heavy atom. The number of hydrogen-bond donors (Lipinski definition) is 1. The van der Waals surface area contributed by atoms with E-state index in [2.05, 4.69) is 17.4 Å². The Hall–Kier alpha value is -2.72. The molecule has 0 aliphatic carbocycles. The van der Waals surface area contributed by atoms with Crippen molar-refractivity contribution in [1.29, 1.82) is 0 Å². The highest BCUT2D eigenvalue weighted by molar-refractivity contribution is 7.98. The normalized spacial score (nSPS) is 11.6. The summed E-state index contributed by atoms with van der Waals surface area (Å²) in [5.74, 6) is 1.41. The van der Waals surface area contributed by atoms with Crippen LogP contribution in [0.3, 0.4) is 0 Å². The van der Waals surface area contributed by atoms with Crippen LogP contribution in [0.2, 0.25) is 0 Å². The van der Waals surface area contributed by atoms with Crippen LogP contribution in [0.15, 0.2) is 89.8 Å². The lowest BCUT2D eigenvalue weighted by Crippen LogP contribution is -2.30. The SMILES string of the molecule is C[C@@H](Oc1ccccc1)C(=O)Nc1ccc(CSc2ccccc2)cc1. The fourth-order valence-corrected chi connectivity index (χ4v) is 3.24. The molecular formula is C22H21NO2S. The number of nitrogens with one attached hydrogen (secondary N) is 1. The Balaban J connectivity index is 1.51. The topological polar surface area (TPSA) is 38.3 Å². The molecule has 1 atom stereocenters. The molecule has 4 heteroatoms. The summed E-state index contributed by atoms with van der Waals surface area (Å²) >= 11 is 1.79. The lowest BCUT2D eigenvalue weighted by Gasteiger charge is -2.15. The zero-order valence-electron chi connectivity index (χ0n) is 14.6. The Labute approximate surface area is 158 Å². The number of anilines is 1. The number of benzene rings is 3. The average Bonchev–Trinajstić information content (AvgIpc) is 2.69. The molecule has 0 saturated heterocycles. The first-order valence-corrected chi connectivity index (χ1v) is 9.48. The maximum atomic E-state index is 12.3. The fraction of sp³-hybridized carbons (Fsp3) is 0.136. The highest BCUT2D eigenvalue weighted by atomic mass is 32.2. The summed E-state index contributed by atoms with van der Waals surface area (Å²) in [7, 11) is 0. The van der Waals surface area contributed by atoms with Gasteiger partial charge in [-0.2, -0.15) is 0 Å². The van der Waals surface area contributed by atoms with Crippen molar-refractivity contribution in [2.75, 3.05) is 5.32 Å². The first-order valence-electron chi connectivity index (χ1n) is 8.50. The molecule has 0 bridgehead atoms. The smallest absolute Gasteiger partial charge is 0.265 e. The van der Waals surface area contributed by atoms with E-state index >= 15 is 0 Å². The van der Waals surface area contributed by atoms with Gasteiger partial charge in [0, 0.05) is 16.3 Å². The van der Waals surface area contributed by atoms with Crippen molar-refractivity contribution in [1.82, 2.24) is 0 Å². The minimum Gasteiger partial charge on any atom is -0.481 e. The predicted octanol–water partition coefficient (Wildman–Crippen LogP) is 5.38.